The van der Waals surface area contributed by atoms with Gasteiger partial charge in [0.2, 0.25) is 11.8 Å². The van der Waals surface area contributed by atoms with Crippen LogP contribution in [0.25, 0.3) is 66.9 Å². The molecular weight excluding hydrogens is 839 g/mol. The molecule has 1 saturated heterocycles. The summed E-state index contributed by atoms with van der Waals surface area (Å²) in [5.74, 6) is 1.07. The molecular formula is C48H57N13O5. The lowest BCUT2D eigenvalue weighted by Crippen LogP contribution is -2.37. The number of fused-ring (bicyclic) bond motifs is 6. The summed E-state index contributed by atoms with van der Waals surface area (Å²) in [5.41, 5.74) is 18.8. The molecule has 7 heterocycles. The summed E-state index contributed by atoms with van der Waals surface area (Å²) in [7, 11) is 1.59. The molecule has 0 aliphatic carbocycles. The largest absolute Gasteiger partial charge is 0.495 e. The number of aryl methyl sites for hydroxylation is 4. The Labute approximate surface area is 381 Å². The first-order chi connectivity index (χ1) is 31.9. The van der Waals surface area contributed by atoms with Crippen molar-refractivity contribution in [2.45, 2.75) is 74.1 Å². The zero-order valence-corrected chi connectivity index (χ0v) is 38.7. The van der Waals surface area contributed by atoms with E-state index >= 15 is 0 Å². The first kappa shape index (κ1) is 44.3. The number of benzene rings is 2. The molecule has 1 aliphatic heterocycles. The van der Waals surface area contributed by atoms with Crippen LogP contribution >= 0.6 is 0 Å². The van der Waals surface area contributed by atoms with E-state index in [-0.39, 0.29) is 11.8 Å². The highest BCUT2D eigenvalue weighted by molar-refractivity contribution is 6.13. The van der Waals surface area contributed by atoms with E-state index in [4.69, 9.17) is 45.6 Å². The van der Waals surface area contributed by atoms with E-state index in [0.29, 0.717) is 78.4 Å². The standard InChI is InChI=1S/C48H57N13O5/c1-8-60-37(17-29(5)55-60)45-51-23-35-33-19-31(43(49)62)21-39(64-7)41(33)58(47(35)53-45)25-27(3)28(4)26-59-42-34(36-24-52-46(54-48(36)59)38-18-30(6)56-61(38)9-2)20-32(44(50)63)22-40(42)66-14-10-11-57-12-15-65-16-13-57/h17-24,27-28H,8-16,25-26H2,1-7H3,(H2,49,62)(H2,50,63). The van der Waals surface area contributed by atoms with E-state index in [0.717, 1.165) is 94.6 Å². The average molecular weight is 896 g/mol. The van der Waals surface area contributed by atoms with Gasteiger partial charge in [-0.1, -0.05) is 13.8 Å². The highest BCUT2D eigenvalue weighted by atomic mass is 16.5. The second-order valence-electron chi connectivity index (χ2n) is 17.3. The van der Waals surface area contributed by atoms with Crippen LogP contribution in [0.15, 0.2) is 48.8 Å². The highest BCUT2D eigenvalue weighted by Crippen LogP contribution is 2.40. The smallest absolute Gasteiger partial charge is 0.248 e. The van der Waals surface area contributed by atoms with Crippen molar-refractivity contribution in [1.82, 2.24) is 53.5 Å². The summed E-state index contributed by atoms with van der Waals surface area (Å²) in [6.07, 6.45) is 4.42. The Morgan fingerprint density at radius 1 is 0.712 bits per heavy atom. The number of primary amides is 2. The molecule has 2 amide bonds. The maximum absolute atomic E-state index is 12.9. The second kappa shape index (κ2) is 18.2. The Kier molecular flexibility index (Phi) is 12.2. The Morgan fingerprint density at radius 3 is 1.67 bits per heavy atom. The van der Waals surface area contributed by atoms with Gasteiger partial charge in [-0.3, -0.25) is 23.9 Å². The van der Waals surface area contributed by atoms with Crippen molar-refractivity contribution in [3.8, 4) is 34.5 Å². The number of rotatable bonds is 17. The second-order valence-corrected chi connectivity index (χ2v) is 17.3. The maximum Gasteiger partial charge on any atom is 0.248 e. The number of amides is 2. The summed E-state index contributed by atoms with van der Waals surface area (Å²) in [5, 5.41) is 12.4. The van der Waals surface area contributed by atoms with E-state index in [2.05, 4.69) is 38.1 Å². The minimum absolute atomic E-state index is 0.0180. The van der Waals surface area contributed by atoms with Gasteiger partial charge in [-0.05, 0) is 82.3 Å². The maximum atomic E-state index is 12.9. The molecule has 1 aliphatic rings. The Bertz CT molecular complexity index is 3140. The lowest BCUT2D eigenvalue weighted by molar-refractivity contribution is 0.0358. The zero-order valence-electron chi connectivity index (χ0n) is 38.7. The van der Waals surface area contributed by atoms with Crippen LogP contribution in [0.5, 0.6) is 11.5 Å². The molecule has 0 saturated carbocycles. The number of aromatic nitrogens is 10. The molecule has 2 aromatic carbocycles. The molecule has 0 radical (unpaired) electrons. The molecule has 8 aromatic rings. The van der Waals surface area contributed by atoms with Gasteiger partial charge in [0.05, 0.1) is 49.4 Å². The Balaban J connectivity index is 1.15. The molecule has 0 bridgehead atoms. The third-order valence-electron chi connectivity index (χ3n) is 12.9. The van der Waals surface area contributed by atoms with E-state index < -0.39 is 11.8 Å². The molecule has 4 N–H and O–H groups in total. The predicted molar refractivity (Wildman–Crippen MR) is 253 cm³/mol. The lowest BCUT2D eigenvalue weighted by atomic mass is 9.95. The fraction of sp³-hybridized carbons (Fsp3) is 0.417. The number of hydrogen-bond acceptors (Lipinski definition) is 12. The Hall–Kier alpha value is -6.92. The van der Waals surface area contributed by atoms with Crippen LogP contribution in [0, 0.1) is 25.7 Å². The van der Waals surface area contributed by atoms with Gasteiger partial charge in [-0.25, -0.2) is 19.9 Å². The summed E-state index contributed by atoms with van der Waals surface area (Å²) >= 11 is 0. The van der Waals surface area contributed by atoms with Crippen LogP contribution < -0.4 is 20.9 Å². The minimum Gasteiger partial charge on any atom is -0.495 e. The van der Waals surface area contributed by atoms with Crippen molar-refractivity contribution >= 4 is 55.7 Å². The number of carbonyl (C=O) groups is 2. The molecule has 66 heavy (non-hydrogen) atoms. The van der Waals surface area contributed by atoms with Gasteiger partial charge in [-0.15, -0.1) is 0 Å². The quantitative estimate of drug-likeness (QED) is 0.0986. The van der Waals surface area contributed by atoms with Gasteiger partial charge in [0.1, 0.15) is 34.2 Å². The predicted octanol–water partition coefficient (Wildman–Crippen LogP) is 6.15. The zero-order chi connectivity index (χ0) is 46.4. The third-order valence-corrected chi connectivity index (χ3v) is 12.9. The number of morpholine rings is 1. The van der Waals surface area contributed by atoms with E-state index in [1.165, 1.54) is 0 Å². The van der Waals surface area contributed by atoms with E-state index in [9.17, 15) is 9.59 Å². The van der Waals surface area contributed by atoms with Gasteiger partial charge in [0.15, 0.2) is 11.6 Å². The number of nitrogens with two attached hydrogens (primary N) is 2. The number of methoxy groups -OCH3 is 1. The first-order valence-electron chi connectivity index (χ1n) is 22.7. The first-order valence-corrected chi connectivity index (χ1v) is 22.7. The monoisotopic (exact) mass is 895 g/mol. The summed E-state index contributed by atoms with van der Waals surface area (Å²) < 4.78 is 26.4. The van der Waals surface area contributed by atoms with Gasteiger partial charge in [0.25, 0.3) is 0 Å². The summed E-state index contributed by atoms with van der Waals surface area (Å²) in [6.45, 7) is 19.3. The van der Waals surface area contributed by atoms with Crippen molar-refractivity contribution in [3.05, 3.63) is 71.3 Å². The highest BCUT2D eigenvalue weighted by Gasteiger charge is 2.27. The van der Waals surface area contributed by atoms with Crippen molar-refractivity contribution in [1.29, 1.82) is 0 Å². The topological polar surface area (TPSA) is 214 Å². The molecule has 9 rings (SSSR count). The SMILES string of the molecule is CCn1nc(C)cc1-c1ncc2c3cc(C(N)=O)cc(OC)c3n(CC(C)C(C)Cn3c4nc(-c5cc(C)nn5CC)ncc4c4cc(C(N)=O)cc(OCCCN5CCOCC5)c43)c2n1. The van der Waals surface area contributed by atoms with Gasteiger partial charge in [-0.2, -0.15) is 10.2 Å². The molecule has 2 atom stereocenters. The number of ether oxygens (including phenoxy) is 3. The summed E-state index contributed by atoms with van der Waals surface area (Å²) in [4.78, 5) is 48.0. The van der Waals surface area contributed by atoms with Crippen LogP contribution in [-0.4, -0.2) is 112 Å². The lowest BCUT2D eigenvalue weighted by Gasteiger charge is -2.26. The molecule has 344 valence electrons. The van der Waals surface area contributed by atoms with Gasteiger partial charge < -0.3 is 34.8 Å². The van der Waals surface area contributed by atoms with Crippen LogP contribution in [-0.2, 0) is 30.9 Å². The van der Waals surface area contributed by atoms with Crippen LogP contribution in [0.2, 0.25) is 0 Å². The van der Waals surface area contributed by atoms with Crippen LogP contribution in [0.4, 0.5) is 0 Å². The number of carbonyl (C=O) groups excluding carboxylic acids is 2. The third kappa shape index (κ3) is 8.19. The summed E-state index contributed by atoms with van der Waals surface area (Å²) in [6, 6.07) is 11.0. The molecule has 1 fully saturated rings. The van der Waals surface area contributed by atoms with Crippen molar-refractivity contribution in [2.24, 2.45) is 23.3 Å². The van der Waals surface area contributed by atoms with Crippen molar-refractivity contribution in [3.63, 3.8) is 0 Å². The van der Waals surface area contributed by atoms with Crippen molar-refractivity contribution in [2.75, 3.05) is 46.6 Å². The normalized spacial score (nSPS) is 14.5. The van der Waals surface area contributed by atoms with Crippen LogP contribution in [0.3, 0.4) is 0 Å². The average Bonchev–Trinajstić information content (AvgIpc) is 4.07. The number of nitrogens with zero attached hydrogens (tertiary/aromatic N) is 11. The minimum atomic E-state index is -0.561. The number of hydrogen-bond donors (Lipinski definition) is 2. The fourth-order valence-corrected chi connectivity index (χ4v) is 9.25. The molecule has 2 unspecified atom stereocenters. The molecule has 18 nitrogen and oxygen atoms in total. The fourth-order valence-electron chi connectivity index (χ4n) is 9.25. The van der Waals surface area contributed by atoms with E-state index in [1.807, 2.05) is 61.5 Å². The molecule has 0 spiro atoms. The molecule has 6 aromatic heterocycles. The molecule has 18 heteroatoms. The van der Waals surface area contributed by atoms with Gasteiger partial charge >= 0.3 is 0 Å². The Morgan fingerprint density at radius 2 is 1.20 bits per heavy atom. The van der Waals surface area contributed by atoms with E-state index in [1.54, 1.807) is 31.5 Å². The van der Waals surface area contributed by atoms with Crippen LogP contribution in [0.1, 0.15) is 66.2 Å². The van der Waals surface area contributed by atoms with Gasteiger partial charge in [0, 0.05) is 90.9 Å². The van der Waals surface area contributed by atoms with Crippen molar-refractivity contribution < 1.29 is 23.8 Å².